The van der Waals surface area contributed by atoms with Crippen molar-refractivity contribution in [2.75, 3.05) is 13.7 Å². The SMILES string of the molecule is CCOc1ccc(-c2noc(CN(C)C(=O)Cc3ccc(F)cc3)n2)cc1. The van der Waals surface area contributed by atoms with Gasteiger partial charge in [-0.05, 0) is 48.9 Å². The van der Waals surface area contributed by atoms with Gasteiger partial charge in [-0.3, -0.25) is 4.79 Å². The second-order valence-corrected chi connectivity index (χ2v) is 6.02. The van der Waals surface area contributed by atoms with E-state index in [9.17, 15) is 9.18 Å². The molecule has 6 nitrogen and oxygen atoms in total. The molecule has 27 heavy (non-hydrogen) atoms. The van der Waals surface area contributed by atoms with Crippen LogP contribution in [0.3, 0.4) is 0 Å². The zero-order valence-electron chi connectivity index (χ0n) is 15.2. The number of hydrogen-bond donors (Lipinski definition) is 0. The molecule has 0 radical (unpaired) electrons. The highest BCUT2D eigenvalue weighted by Crippen LogP contribution is 2.20. The minimum atomic E-state index is -0.327. The van der Waals surface area contributed by atoms with Crippen LogP contribution >= 0.6 is 0 Å². The fourth-order valence-corrected chi connectivity index (χ4v) is 2.51. The van der Waals surface area contributed by atoms with E-state index in [1.165, 1.54) is 17.0 Å². The average molecular weight is 369 g/mol. The molecular formula is C20H20FN3O3. The van der Waals surface area contributed by atoms with Gasteiger partial charge in [0.1, 0.15) is 11.6 Å². The molecule has 0 saturated carbocycles. The molecule has 0 spiro atoms. The Labute approximate surface area is 156 Å². The Morgan fingerprint density at radius 1 is 1.15 bits per heavy atom. The summed E-state index contributed by atoms with van der Waals surface area (Å²) >= 11 is 0. The molecule has 0 bridgehead atoms. The highest BCUT2D eigenvalue weighted by molar-refractivity contribution is 5.78. The third-order valence-corrected chi connectivity index (χ3v) is 3.96. The number of halogens is 1. The van der Waals surface area contributed by atoms with E-state index in [2.05, 4.69) is 10.1 Å². The van der Waals surface area contributed by atoms with Gasteiger partial charge in [-0.25, -0.2) is 4.39 Å². The van der Waals surface area contributed by atoms with Crippen LogP contribution in [0.25, 0.3) is 11.4 Å². The number of aromatic nitrogens is 2. The van der Waals surface area contributed by atoms with E-state index < -0.39 is 0 Å². The molecule has 0 aliphatic carbocycles. The van der Waals surface area contributed by atoms with Gasteiger partial charge in [0, 0.05) is 12.6 Å². The van der Waals surface area contributed by atoms with Crippen LogP contribution in [-0.4, -0.2) is 34.6 Å². The molecular weight excluding hydrogens is 349 g/mol. The van der Waals surface area contributed by atoms with Crippen molar-refractivity contribution in [1.82, 2.24) is 15.0 Å². The van der Waals surface area contributed by atoms with Gasteiger partial charge in [-0.2, -0.15) is 4.98 Å². The van der Waals surface area contributed by atoms with E-state index in [4.69, 9.17) is 9.26 Å². The Bertz CT molecular complexity index is 892. The Kier molecular flexibility index (Phi) is 5.80. The van der Waals surface area contributed by atoms with Gasteiger partial charge in [0.25, 0.3) is 0 Å². The van der Waals surface area contributed by atoms with Gasteiger partial charge in [-0.1, -0.05) is 17.3 Å². The van der Waals surface area contributed by atoms with Gasteiger partial charge < -0.3 is 14.2 Å². The van der Waals surface area contributed by atoms with Crippen LogP contribution in [0.5, 0.6) is 5.75 Å². The highest BCUT2D eigenvalue weighted by Gasteiger charge is 2.15. The number of carbonyl (C=O) groups excluding carboxylic acids is 1. The zero-order chi connectivity index (χ0) is 19.2. The average Bonchev–Trinajstić information content (AvgIpc) is 3.13. The summed E-state index contributed by atoms with van der Waals surface area (Å²) in [5, 5.41) is 3.96. The third-order valence-electron chi connectivity index (χ3n) is 3.96. The lowest BCUT2D eigenvalue weighted by molar-refractivity contribution is -0.130. The summed E-state index contributed by atoms with van der Waals surface area (Å²) in [5.41, 5.74) is 1.54. The number of likely N-dealkylation sites (N-methyl/N-ethyl adjacent to an activating group) is 1. The molecule has 0 aliphatic rings. The molecule has 2 aromatic carbocycles. The molecule has 1 amide bonds. The van der Waals surface area contributed by atoms with Crippen LogP contribution in [0.1, 0.15) is 18.4 Å². The van der Waals surface area contributed by atoms with Gasteiger partial charge in [0.05, 0.1) is 19.6 Å². The quantitative estimate of drug-likeness (QED) is 0.638. The molecule has 3 rings (SSSR count). The Morgan fingerprint density at radius 2 is 1.85 bits per heavy atom. The lowest BCUT2D eigenvalue weighted by atomic mass is 10.1. The van der Waals surface area contributed by atoms with Gasteiger partial charge in [-0.15, -0.1) is 0 Å². The topological polar surface area (TPSA) is 68.5 Å². The maximum atomic E-state index is 12.9. The van der Waals surface area contributed by atoms with Crippen LogP contribution in [-0.2, 0) is 17.8 Å². The normalized spacial score (nSPS) is 10.6. The molecule has 140 valence electrons. The van der Waals surface area contributed by atoms with Gasteiger partial charge >= 0.3 is 0 Å². The number of hydrogen-bond acceptors (Lipinski definition) is 5. The second kappa shape index (κ2) is 8.44. The van der Waals surface area contributed by atoms with Crippen molar-refractivity contribution in [3.63, 3.8) is 0 Å². The van der Waals surface area contributed by atoms with Crippen molar-refractivity contribution in [2.45, 2.75) is 19.9 Å². The van der Waals surface area contributed by atoms with E-state index in [-0.39, 0.29) is 24.7 Å². The number of amides is 1. The fraction of sp³-hybridized carbons (Fsp3) is 0.250. The number of carbonyl (C=O) groups is 1. The minimum absolute atomic E-state index is 0.123. The molecule has 3 aromatic rings. The lowest BCUT2D eigenvalue weighted by Gasteiger charge is -2.14. The van der Waals surface area contributed by atoms with Crippen LogP contribution in [0.4, 0.5) is 4.39 Å². The number of rotatable bonds is 7. The van der Waals surface area contributed by atoms with Crippen LogP contribution < -0.4 is 4.74 Å². The summed E-state index contributed by atoms with van der Waals surface area (Å²) in [6.45, 7) is 2.72. The lowest BCUT2D eigenvalue weighted by Crippen LogP contribution is -2.27. The standard InChI is InChI=1S/C20H20FN3O3/c1-3-26-17-10-6-15(7-11-17)20-22-18(27-23-20)13-24(2)19(25)12-14-4-8-16(21)9-5-14/h4-11H,3,12-13H2,1-2H3. The molecule has 0 unspecified atom stereocenters. The van der Waals surface area contributed by atoms with Gasteiger partial charge in [0.15, 0.2) is 0 Å². The van der Waals surface area contributed by atoms with Crippen molar-refractivity contribution in [3.05, 3.63) is 65.8 Å². The molecule has 0 N–H and O–H groups in total. The van der Waals surface area contributed by atoms with E-state index in [0.717, 1.165) is 16.9 Å². The van der Waals surface area contributed by atoms with Crippen molar-refractivity contribution in [3.8, 4) is 17.1 Å². The van der Waals surface area contributed by atoms with E-state index in [1.807, 2.05) is 31.2 Å². The van der Waals surface area contributed by atoms with Crippen molar-refractivity contribution in [1.29, 1.82) is 0 Å². The molecule has 1 heterocycles. The number of benzene rings is 2. The molecule has 0 saturated heterocycles. The van der Waals surface area contributed by atoms with Crippen molar-refractivity contribution < 1.29 is 18.4 Å². The summed E-state index contributed by atoms with van der Waals surface area (Å²) < 4.78 is 23.6. The summed E-state index contributed by atoms with van der Waals surface area (Å²) in [5.74, 6) is 1.12. The molecule has 7 heteroatoms. The molecule has 1 aromatic heterocycles. The van der Waals surface area contributed by atoms with Crippen LogP contribution in [0.15, 0.2) is 53.1 Å². The first-order chi connectivity index (χ1) is 13.0. The van der Waals surface area contributed by atoms with Crippen LogP contribution in [0, 0.1) is 5.82 Å². The highest BCUT2D eigenvalue weighted by atomic mass is 19.1. The molecule has 0 fully saturated rings. The van der Waals surface area contributed by atoms with E-state index >= 15 is 0 Å². The van der Waals surface area contributed by atoms with Crippen molar-refractivity contribution >= 4 is 5.91 Å². The minimum Gasteiger partial charge on any atom is -0.494 e. The fourth-order valence-electron chi connectivity index (χ4n) is 2.51. The Balaban J connectivity index is 1.60. The summed E-state index contributed by atoms with van der Waals surface area (Å²) in [6, 6.07) is 13.2. The summed E-state index contributed by atoms with van der Waals surface area (Å²) in [6.07, 6.45) is 0.177. The first kappa shape index (κ1) is 18.6. The third kappa shape index (κ3) is 4.91. The molecule has 0 aliphatic heterocycles. The predicted molar refractivity (Wildman–Crippen MR) is 97.5 cm³/mol. The first-order valence-electron chi connectivity index (χ1n) is 8.59. The van der Waals surface area contributed by atoms with Crippen molar-refractivity contribution in [2.24, 2.45) is 0 Å². The Morgan fingerprint density at radius 3 is 2.52 bits per heavy atom. The zero-order valence-corrected chi connectivity index (χ0v) is 15.2. The monoisotopic (exact) mass is 369 g/mol. The van der Waals surface area contributed by atoms with E-state index in [1.54, 1.807) is 19.2 Å². The van der Waals surface area contributed by atoms with E-state index in [0.29, 0.717) is 18.3 Å². The van der Waals surface area contributed by atoms with Crippen LogP contribution in [0.2, 0.25) is 0 Å². The number of nitrogens with zero attached hydrogens (tertiary/aromatic N) is 3. The summed E-state index contributed by atoms with van der Waals surface area (Å²) in [4.78, 5) is 18.1. The molecule has 0 atom stereocenters. The smallest absolute Gasteiger partial charge is 0.246 e. The Hall–Kier alpha value is -3.22. The maximum Gasteiger partial charge on any atom is 0.246 e. The second-order valence-electron chi connectivity index (χ2n) is 6.02. The number of ether oxygens (including phenoxy) is 1. The summed E-state index contributed by atoms with van der Waals surface area (Å²) in [7, 11) is 1.66. The maximum absolute atomic E-state index is 12.9. The van der Waals surface area contributed by atoms with Gasteiger partial charge in [0.2, 0.25) is 17.6 Å². The first-order valence-corrected chi connectivity index (χ1v) is 8.59. The predicted octanol–water partition coefficient (Wildman–Crippen LogP) is 3.48. The largest absolute Gasteiger partial charge is 0.494 e.